The minimum atomic E-state index is 0.0520. The summed E-state index contributed by atoms with van der Waals surface area (Å²) in [5.74, 6) is 1.65. The number of rotatable bonds is 3. The van der Waals surface area contributed by atoms with Crippen LogP contribution in [0.4, 0.5) is 0 Å². The average Bonchev–Trinajstić information content (AvgIpc) is 3.11. The van der Waals surface area contributed by atoms with Gasteiger partial charge < -0.3 is 14.3 Å². The van der Waals surface area contributed by atoms with Gasteiger partial charge in [0, 0.05) is 43.2 Å². The van der Waals surface area contributed by atoms with Gasteiger partial charge in [0.15, 0.2) is 5.82 Å². The zero-order valence-corrected chi connectivity index (χ0v) is 16.8. The van der Waals surface area contributed by atoms with Crippen molar-refractivity contribution in [3.05, 3.63) is 35.7 Å². The standard InChI is InChI=1S/C22H26N4O3/c1-15-23-19(29-24-15)16-4-6-17(7-5-16)20(27)26-12-8-22(9-13-26)14-18(22)21(28)25-10-2-3-11-25/h4-7,18H,2-3,8-14H2,1H3/t18-/m1/s1. The van der Waals surface area contributed by atoms with E-state index in [2.05, 4.69) is 10.1 Å². The topological polar surface area (TPSA) is 79.5 Å². The van der Waals surface area contributed by atoms with E-state index in [1.165, 1.54) is 0 Å². The van der Waals surface area contributed by atoms with E-state index in [1.807, 2.05) is 34.1 Å². The second kappa shape index (κ2) is 6.97. The Morgan fingerprint density at radius 1 is 1.03 bits per heavy atom. The van der Waals surface area contributed by atoms with Gasteiger partial charge in [0.2, 0.25) is 5.91 Å². The second-order valence-electron chi connectivity index (χ2n) is 8.67. The third kappa shape index (κ3) is 3.32. The van der Waals surface area contributed by atoms with Crippen molar-refractivity contribution < 1.29 is 14.1 Å². The van der Waals surface area contributed by atoms with Gasteiger partial charge in [-0.25, -0.2) is 0 Å². The predicted molar refractivity (Wildman–Crippen MR) is 106 cm³/mol. The fraction of sp³-hybridized carbons (Fsp3) is 0.545. The number of piperidine rings is 1. The fourth-order valence-electron chi connectivity index (χ4n) is 4.91. The highest BCUT2D eigenvalue weighted by Gasteiger charge is 2.59. The number of hydrogen-bond donors (Lipinski definition) is 0. The van der Waals surface area contributed by atoms with Crippen LogP contribution in [0.25, 0.3) is 11.5 Å². The lowest BCUT2D eigenvalue weighted by atomic mass is 9.90. The monoisotopic (exact) mass is 394 g/mol. The third-order valence-electron chi connectivity index (χ3n) is 6.86. The smallest absolute Gasteiger partial charge is 0.257 e. The normalized spacial score (nSPS) is 22.9. The highest BCUT2D eigenvalue weighted by Crippen LogP contribution is 2.60. The maximum Gasteiger partial charge on any atom is 0.257 e. The molecule has 1 aliphatic carbocycles. The first-order chi connectivity index (χ1) is 14.1. The number of carbonyl (C=O) groups excluding carboxylic acids is 2. The van der Waals surface area contributed by atoms with Crippen LogP contribution in [-0.2, 0) is 4.79 Å². The van der Waals surface area contributed by atoms with Crippen LogP contribution in [0.2, 0.25) is 0 Å². The minimum absolute atomic E-state index is 0.0520. The summed E-state index contributed by atoms with van der Waals surface area (Å²) in [4.78, 5) is 33.8. The summed E-state index contributed by atoms with van der Waals surface area (Å²) < 4.78 is 5.18. The van der Waals surface area contributed by atoms with Gasteiger partial charge in [-0.15, -0.1) is 0 Å². The Morgan fingerprint density at radius 2 is 1.72 bits per heavy atom. The number of aryl methyl sites for hydroxylation is 1. The summed E-state index contributed by atoms with van der Waals surface area (Å²) in [7, 11) is 0. The zero-order chi connectivity index (χ0) is 20.0. The van der Waals surface area contributed by atoms with E-state index in [4.69, 9.17) is 4.52 Å². The number of nitrogens with zero attached hydrogens (tertiary/aromatic N) is 4. The van der Waals surface area contributed by atoms with E-state index in [-0.39, 0.29) is 17.2 Å². The number of hydrogen-bond acceptors (Lipinski definition) is 5. The van der Waals surface area contributed by atoms with Crippen molar-refractivity contribution in [1.29, 1.82) is 0 Å². The van der Waals surface area contributed by atoms with Crippen LogP contribution < -0.4 is 0 Å². The molecule has 3 heterocycles. The number of amides is 2. The summed E-state index contributed by atoms with van der Waals surface area (Å²) in [6.07, 6.45) is 5.14. The molecule has 3 aliphatic rings. The molecule has 0 bridgehead atoms. The Labute approximate surface area is 170 Å². The summed E-state index contributed by atoms with van der Waals surface area (Å²) >= 11 is 0. The first kappa shape index (κ1) is 18.3. The quantitative estimate of drug-likeness (QED) is 0.800. The Balaban J connectivity index is 1.19. The van der Waals surface area contributed by atoms with E-state index in [1.54, 1.807) is 6.92 Å². The number of carbonyl (C=O) groups is 2. The molecule has 2 aliphatic heterocycles. The van der Waals surface area contributed by atoms with Gasteiger partial charge in [-0.2, -0.15) is 4.98 Å². The number of benzene rings is 1. The molecule has 29 heavy (non-hydrogen) atoms. The Kier molecular flexibility index (Phi) is 4.41. The van der Waals surface area contributed by atoms with Gasteiger partial charge >= 0.3 is 0 Å². The first-order valence-electron chi connectivity index (χ1n) is 10.5. The minimum Gasteiger partial charge on any atom is -0.342 e. The predicted octanol–water partition coefficient (Wildman–Crippen LogP) is 2.91. The highest BCUT2D eigenvalue weighted by molar-refractivity contribution is 5.94. The SMILES string of the molecule is Cc1noc(-c2ccc(C(=O)N3CCC4(CC3)C[C@@H]4C(=O)N3CCCC3)cc2)n1. The van der Waals surface area contributed by atoms with Crippen LogP contribution in [0, 0.1) is 18.3 Å². The molecule has 2 saturated heterocycles. The molecular formula is C22H26N4O3. The van der Waals surface area contributed by atoms with E-state index in [0.717, 1.165) is 63.8 Å². The van der Waals surface area contributed by atoms with Crippen LogP contribution >= 0.6 is 0 Å². The molecule has 152 valence electrons. The number of aromatic nitrogens is 2. The van der Waals surface area contributed by atoms with Gasteiger partial charge in [0.25, 0.3) is 11.8 Å². The van der Waals surface area contributed by atoms with Crippen molar-refractivity contribution in [3.63, 3.8) is 0 Å². The molecule has 2 aromatic rings. The molecule has 7 nitrogen and oxygen atoms in total. The van der Waals surface area contributed by atoms with Crippen LogP contribution in [0.3, 0.4) is 0 Å². The van der Waals surface area contributed by atoms with Crippen molar-refractivity contribution in [2.24, 2.45) is 11.3 Å². The van der Waals surface area contributed by atoms with Crippen LogP contribution in [-0.4, -0.2) is 57.9 Å². The van der Waals surface area contributed by atoms with Crippen molar-refractivity contribution in [1.82, 2.24) is 19.9 Å². The summed E-state index contributed by atoms with van der Waals surface area (Å²) in [6, 6.07) is 7.32. The third-order valence-corrected chi connectivity index (χ3v) is 6.86. The molecule has 5 rings (SSSR count). The van der Waals surface area contributed by atoms with Crippen LogP contribution in [0.5, 0.6) is 0 Å². The molecule has 2 amide bonds. The summed E-state index contributed by atoms with van der Waals surface area (Å²) in [6.45, 7) is 5.09. The first-order valence-corrected chi connectivity index (χ1v) is 10.5. The van der Waals surface area contributed by atoms with E-state index in [9.17, 15) is 9.59 Å². The van der Waals surface area contributed by atoms with Gasteiger partial charge in [-0.1, -0.05) is 5.16 Å². The van der Waals surface area contributed by atoms with Gasteiger partial charge in [-0.3, -0.25) is 9.59 Å². The maximum atomic E-state index is 12.9. The second-order valence-corrected chi connectivity index (χ2v) is 8.67. The fourth-order valence-corrected chi connectivity index (χ4v) is 4.91. The largest absolute Gasteiger partial charge is 0.342 e. The van der Waals surface area contributed by atoms with Gasteiger partial charge in [0.05, 0.1) is 0 Å². The molecule has 1 aromatic carbocycles. The number of likely N-dealkylation sites (tertiary alicyclic amines) is 2. The Bertz CT molecular complexity index is 922. The van der Waals surface area contributed by atoms with Crippen LogP contribution in [0.15, 0.2) is 28.8 Å². The molecule has 0 radical (unpaired) electrons. The van der Waals surface area contributed by atoms with Crippen molar-refractivity contribution >= 4 is 11.8 Å². The molecule has 7 heteroatoms. The molecular weight excluding hydrogens is 368 g/mol. The molecule has 0 N–H and O–H groups in total. The van der Waals surface area contributed by atoms with Crippen molar-refractivity contribution in [3.8, 4) is 11.5 Å². The van der Waals surface area contributed by atoms with E-state index >= 15 is 0 Å². The van der Waals surface area contributed by atoms with Gasteiger partial charge in [0.1, 0.15) is 0 Å². The van der Waals surface area contributed by atoms with Gasteiger partial charge in [-0.05, 0) is 68.7 Å². The summed E-state index contributed by atoms with van der Waals surface area (Å²) in [5, 5.41) is 3.80. The maximum absolute atomic E-state index is 12.9. The van der Waals surface area contributed by atoms with Crippen LogP contribution in [0.1, 0.15) is 48.3 Å². The molecule has 3 fully saturated rings. The lowest BCUT2D eigenvalue weighted by molar-refractivity contribution is -0.132. The lowest BCUT2D eigenvalue weighted by Gasteiger charge is -2.33. The zero-order valence-electron chi connectivity index (χ0n) is 16.8. The molecule has 1 atom stereocenters. The Hall–Kier alpha value is -2.70. The molecule has 0 unspecified atom stereocenters. The lowest BCUT2D eigenvalue weighted by Crippen LogP contribution is -2.41. The van der Waals surface area contributed by atoms with Crippen molar-refractivity contribution in [2.75, 3.05) is 26.2 Å². The average molecular weight is 394 g/mol. The summed E-state index contributed by atoms with van der Waals surface area (Å²) in [5.41, 5.74) is 1.62. The van der Waals surface area contributed by atoms with E-state index in [0.29, 0.717) is 23.2 Å². The molecule has 1 saturated carbocycles. The molecule has 1 aromatic heterocycles. The highest BCUT2D eigenvalue weighted by atomic mass is 16.5. The van der Waals surface area contributed by atoms with E-state index < -0.39 is 0 Å². The molecule has 1 spiro atoms. The Morgan fingerprint density at radius 3 is 2.34 bits per heavy atom. The van der Waals surface area contributed by atoms with Crippen molar-refractivity contribution in [2.45, 2.75) is 39.0 Å².